The maximum Gasteiger partial charge on any atom is 0.221 e. The monoisotopic (exact) mass is 243 g/mol. The molecule has 0 saturated carbocycles. The highest BCUT2D eigenvalue weighted by Crippen LogP contribution is 2.20. The van der Waals surface area contributed by atoms with Crippen molar-refractivity contribution in [1.29, 1.82) is 0 Å². The Balaban J connectivity index is 2.11. The standard InChI is InChI=1S/C14H12FN2O/c1-10(18)16-11-6-8-12(9-7-11)17-14-5-3-2-4-13(14)15/h3-9,17H,1H3,(H,16,18). The number of nitrogens with one attached hydrogen (secondary N) is 2. The molecule has 2 aromatic carbocycles. The molecule has 0 saturated heterocycles. The van der Waals surface area contributed by atoms with Crippen molar-refractivity contribution in [2.75, 3.05) is 10.6 Å². The molecule has 4 heteroatoms. The maximum atomic E-state index is 13.4. The summed E-state index contributed by atoms with van der Waals surface area (Å²) in [7, 11) is 0. The van der Waals surface area contributed by atoms with Crippen LogP contribution in [0.4, 0.5) is 21.5 Å². The van der Waals surface area contributed by atoms with Gasteiger partial charge in [-0.25, -0.2) is 4.39 Å². The van der Waals surface area contributed by atoms with E-state index in [1.807, 2.05) is 0 Å². The van der Waals surface area contributed by atoms with E-state index in [0.29, 0.717) is 11.4 Å². The Hall–Kier alpha value is -2.36. The summed E-state index contributed by atoms with van der Waals surface area (Å²) < 4.78 is 13.4. The van der Waals surface area contributed by atoms with Gasteiger partial charge in [-0.05, 0) is 42.5 Å². The van der Waals surface area contributed by atoms with Gasteiger partial charge < -0.3 is 10.6 Å². The van der Waals surface area contributed by atoms with Crippen LogP contribution in [0.2, 0.25) is 0 Å². The van der Waals surface area contributed by atoms with Crippen molar-refractivity contribution in [2.24, 2.45) is 0 Å². The molecule has 1 radical (unpaired) electrons. The van der Waals surface area contributed by atoms with Crippen LogP contribution < -0.4 is 10.6 Å². The Morgan fingerprint density at radius 3 is 2.44 bits per heavy atom. The van der Waals surface area contributed by atoms with Gasteiger partial charge in [-0.3, -0.25) is 4.79 Å². The second kappa shape index (κ2) is 5.31. The molecule has 2 N–H and O–H groups in total. The van der Waals surface area contributed by atoms with E-state index in [1.165, 1.54) is 13.0 Å². The first kappa shape index (κ1) is 12.1. The molecule has 0 unspecified atom stereocenters. The number of rotatable bonds is 3. The second-order valence-corrected chi connectivity index (χ2v) is 3.79. The Labute approximate surface area is 105 Å². The van der Waals surface area contributed by atoms with Crippen LogP contribution in [0.15, 0.2) is 42.5 Å². The van der Waals surface area contributed by atoms with Gasteiger partial charge in [0.05, 0.1) is 5.69 Å². The number of amides is 1. The van der Waals surface area contributed by atoms with Crippen molar-refractivity contribution in [3.63, 3.8) is 0 Å². The van der Waals surface area contributed by atoms with Crippen LogP contribution in [-0.4, -0.2) is 5.91 Å². The van der Waals surface area contributed by atoms with Gasteiger partial charge in [0.15, 0.2) is 0 Å². The summed E-state index contributed by atoms with van der Waals surface area (Å²) in [6.45, 7) is 1.45. The fraction of sp³-hybridized carbons (Fsp3) is 0.0714. The van der Waals surface area contributed by atoms with Crippen LogP contribution in [0, 0.1) is 11.9 Å². The molecule has 0 bridgehead atoms. The summed E-state index contributed by atoms with van der Waals surface area (Å²) in [6, 6.07) is 14.2. The van der Waals surface area contributed by atoms with Crippen LogP contribution in [0.5, 0.6) is 0 Å². The summed E-state index contributed by atoms with van der Waals surface area (Å²) in [5.41, 5.74) is 1.84. The van der Waals surface area contributed by atoms with E-state index >= 15 is 0 Å². The number of halogens is 1. The van der Waals surface area contributed by atoms with Gasteiger partial charge >= 0.3 is 0 Å². The smallest absolute Gasteiger partial charge is 0.221 e. The minimum absolute atomic E-state index is 0.125. The van der Waals surface area contributed by atoms with Crippen molar-refractivity contribution >= 4 is 23.0 Å². The van der Waals surface area contributed by atoms with Gasteiger partial charge in [-0.2, -0.15) is 0 Å². The van der Waals surface area contributed by atoms with E-state index in [0.717, 1.165) is 5.69 Å². The first-order chi connectivity index (χ1) is 8.65. The van der Waals surface area contributed by atoms with E-state index in [-0.39, 0.29) is 11.7 Å². The summed E-state index contributed by atoms with van der Waals surface area (Å²) in [5, 5.41) is 5.61. The molecular formula is C14H12FN2O. The maximum absolute atomic E-state index is 13.4. The first-order valence-electron chi connectivity index (χ1n) is 5.45. The average Bonchev–Trinajstić information content (AvgIpc) is 2.34. The highest BCUT2D eigenvalue weighted by atomic mass is 19.1. The normalized spacial score (nSPS) is 9.89. The fourth-order valence-corrected chi connectivity index (χ4v) is 1.51. The minimum atomic E-state index is -0.358. The lowest BCUT2D eigenvalue weighted by Crippen LogP contribution is -2.05. The van der Waals surface area contributed by atoms with E-state index < -0.39 is 0 Å². The van der Waals surface area contributed by atoms with Crippen molar-refractivity contribution in [3.05, 3.63) is 54.3 Å². The van der Waals surface area contributed by atoms with Crippen LogP contribution in [0.3, 0.4) is 0 Å². The van der Waals surface area contributed by atoms with Gasteiger partial charge in [-0.1, -0.05) is 6.07 Å². The second-order valence-electron chi connectivity index (χ2n) is 3.79. The molecule has 3 nitrogen and oxygen atoms in total. The van der Waals surface area contributed by atoms with Gasteiger partial charge in [-0.15, -0.1) is 0 Å². The summed E-state index contributed by atoms with van der Waals surface area (Å²) in [4.78, 5) is 10.9. The molecule has 1 amide bonds. The van der Waals surface area contributed by atoms with E-state index in [2.05, 4.69) is 16.7 Å². The SMILES string of the molecule is CC(=O)Nc1ccc(Nc2cc[c]cc2F)cc1. The molecule has 0 heterocycles. The van der Waals surface area contributed by atoms with Crippen molar-refractivity contribution in [1.82, 2.24) is 0 Å². The molecule has 2 aromatic rings. The zero-order valence-corrected chi connectivity index (χ0v) is 9.83. The Kier molecular flexibility index (Phi) is 3.57. The number of carbonyl (C=O) groups excluding carboxylic acids is 1. The van der Waals surface area contributed by atoms with E-state index in [4.69, 9.17) is 0 Å². The quantitative estimate of drug-likeness (QED) is 0.868. The molecule has 91 valence electrons. The fourth-order valence-electron chi connectivity index (χ4n) is 1.51. The van der Waals surface area contributed by atoms with E-state index in [9.17, 15) is 9.18 Å². The van der Waals surface area contributed by atoms with Crippen molar-refractivity contribution in [2.45, 2.75) is 6.92 Å². The van der Waals surface area contributed by atoms with Crippen molar-refractivity contribution < 1.29 is 9.18 Å². The molecule has 0 spiro atoms. The lowest BCUT2D eigenvalue weighted by molar-refractivity contribution is -0.114. The lowest BCUT2D eigenvalue weighted by atomic mass is 10.2. The molecule has 18 heavy (non-hydrogen) atoms. The zero-order chi connectivity index (χ0) is 13.0. The number of hydrogen-bond donors (Lipinski definition) is 2. The Morgan fingerprint density at radius 1 is 1.17 bits per heavy atom. The molecule has 0 aliphatic carbocycles. The molecule has 2 rings (SSSR count). The third kappa shape index (κ3) is 3.07. The lowest BCUT2D eigenvalue weighted by Gasteiger charge is -2.08. The average molecular weight is 243 g/mol. The summed E-state index contributed by atoms with van der Waals surface area (Å²) in [6.07, 6.45) is 0. The highest BCUT2D eigenvalue weighted by molar-refractivity contribution is 5.88. The third-order valence-corrected chi connectivity index (χ3v) is 2.30. The molecule has 0 fully saturated rings. The number of benzene rings is 2. The summed E-state index contributed by atoms with van der Waals surface area (Å²) >= 11 is 0. The van der Waals surface area contributed by atoms with Gasteiger partial charge in [0.1, 0.15) is 5.82 Å². The number of carbonyl (C=O) groups is 1. The predicted octanol–water partition coefficient (Wildman–Crippen LogP) is 3.33. The summed E-state index contributed by atoms with van der Waals surface area (Å²) in [5.74, 6) is -0.483. The molecule has 0 aliphatic heterocycles. The van der Waals surface area contributed by atoms with Crippen LogP contribution >= 0.6 is 0 Å². The number of anilines is 3. The molecule has 0 aliphatic rings. The van der Waals surface area contributed by atoms with Gasteiger partial charge in [0.2, 0.25) is 5.91 Å². The van der Waals surface area contributed by atoms with Crippen LogP contribution in [0.1, 0.15) is 6.92 Å². The zero-order valence-electron chi connectivity index (χ0n) is 9.83. The number of hydrogen-bond acceptors (Lipinski definition) is 2. The molecular weight excluding hydrogens is 231 g/mol. The van der Waals surface area contributed by atoms with Crippen LogP contribution in [0.25, 0.3) is 0 Å². The predicted molar refractivity (Wildman–Crippen MR) is 69.3 cm³/mol. The van der Waals surface area contributed by atoms with E-state index in [1.54, 1.807) is 36.4 Å². The van der Waals surface area contributed by atoms with Crippen molar-refractivity contribution in [3.8, 4) is 0 Å². The first-order valence-corrected chi connectivity index (χ1v) is 5.45. The van der Waals surface area contributed by atoms with Gasteiger partial charge in [0, 0.05) is 18.3 Å². The third-order valence-electron chi connectivity index (χ3n) is 2.30. The largest absolute Gasteiger partial charge is 0.353 e. The minimum Gasteiger partial charge on any atom is -0.353 e. The Morgan fingerprint density at radius 2 is 1.83 bits per heavy atom. The molecule has 0 aromatic heterocycles. The van der Waals surface area contributed by atoms with Gasteiger partial charge in [0.25, 0.3) is 0 Å². The highest BCUT2D eigenvalue weighted by Gasteiger charge is 2.01. The topological polar surface area (TPSA) is 41.1 Å². The van der Waals surface area contributed by atoms with Crippen LogP contribution in [-0.2, 0) is 4.79 Å². The molecule has 0 atom stereocenters. The Bertz CT molecular complexity index is 552.